The number of nitrogens with one attached hydrogen (secondary N) is 2. The van der Waals surface area contributed by atoms with E-state index < -0.39 is 5.92 Å². The number of imide groups is 1. The van der Waals surface area contributed by atoms with Gasteiger partial charge in [0.1, 0.15) is 16.9 Å². The number of nitrogens with zero attached hydrogens (tertiary/aromatic N) is 6. The Morgan fingerprint density at radius 1 is 0.964 bits per heavy atom. The summed E-state index contributed by atoms with van der Waals surface area (Å²) in [6, 6.07) is 14.8. The summed E-state index contributed by atoms with van der Waals surface area (Å²) in [7, 11) is 1.79. The lowest BCUT2D eigenvalue weighted by Crippen LogP contribution is -2.39. The maximum Gasteiger partial charge on any atom is 0.270 e. The second-order valence-electron chi connectivity index (χ2n) is 14.7. The fraction of sp³-hybridized carbons (Fsp3) is 0.302. The molecule has 0 spiro atoms. The number of rotatable bonds is 6. The van der Waals surface area contributed by atoms with Gasteiger partial charge in [0.2, 0.25) is 11.8 Å². The summed E-state index contributed by atoms with van der Waals surface area (Å²) in [6.07, 6.45) is 9.27. The van der Waals surface area contributed by atoms with Gasteiger partial charge in [-0.05, 0) is 80.8 Å². The topological polar surface area (TPSA) is 165 Å². The largest absolute Gasteiger partial charge is 0.448 e. The molecule has 1 atom stereocenters. The van der Waals surface area contributed by atoms with Gasteiger partial charge in [-0.25, -0.2) is 15.0 Å². The number of benzene rings is 1. The highest BCUT2D eigenvalue weighted by atomic mass is 16.3. The molecule has 1 aromatic carbocycles. The minimum Gasteiger partial charge on any atom is -0.448 e. The van der Waals surface area contributed by atoms with Gasteiger partial charge in [-0.15, -0.1) is 0 Å². The van der Waals surface area contributed by atoms with Crippen LogP contribution < -0.4 is 21.1 Å². The van der Waals surface area contributed by atoms with E-state index in [1.165, 1.54) is 6.42 Å². The molecule has 280 valence electrons. The van der Waals surface area contributed by atoms with Crippen molar-refractivity contribution in [2.45, 2.75) is 63.7 Å². The molecule has 3 aliphatic rings. The number of carbonyl (C=O) groups is 3. The number of carbonyl (C=O) groups excluding carboxylic acids is 3. The predicted molar refractivity (Wildman–Crippen MR) is 209 cm³/mol. The first-order valence-electron chi connectivity index (χ1n) is 19.0. The van der Waals surface area contributed by atoms with E-state index in [9.17, 15) is 19.2 Å². The van der Waals surface area contributed by atoms with Gasteiger partial charge >= 0.3 is 0 Å². The number of piperidine rings is 1. The van der Waals surface area contributed by atoms with Gasteiger partial charge in [-0.2, -0.15) is 0 Å². The van der Waals surface area contributed by atoms with Crippen LogP contribution in [0.4, 0.5) is 11.4 Å². The van der Waals surface area contributed by atoms with E-state index in [1.807, 2.05) is 31.3 Å². The van der Waals surface area contributed by atoms with Crippen molar-refractivity contribution in [1.29, 1.82) is 0 Å². The quantitative estimate of drug-likeness (QED) is 0.164. The molecule has 5 aromatic heterocycles. The molecule has 0 bridgehead atoms. The van der Waals surface area contributed by atoms with Crippen molar-refractivity contribution in [1.82, 2.24) is 35.1 Å². The highest BCUT2D eigenvalue weighted by Gasteiger charge is 2.30. The smallest absolute Gasteiger partial charge is 0.270 e. The fourth-order valence-corrected chi connectivity index (χ4v) is 7.90. The van der Waals surface area contributed by atoms with Crippen LogP contribution in [0.5, 0.6) is 0 Å². The number of fused-ring (bicyclic) bond motifs is 3. The van der Waals surface area contributed by atoms with E-state index in [2.05, 4.69) is 38.4 Å². The van der Waals surface area contributed by atoms with Crippen molar-refractivity contribution < 1.29 is 18.8 Å². The molecular formula is C43H38N8O5. The molecule has 0 radical (unpaired) electrons. The summed E-state index contributed by atoms with van der Waals surface area (Å²) in [5.41, 5.74) is 7.53. The van der Waals surface area contributed by atoms with Gasteiger partial charge in [0, 0.05) is 65.8 Å². The van der Waals surface area contributed by atoms with Crippen molar-refractivity contribution in [3.8, 4) is 23.2 Å². The monoisotopic (exact) mass is 746 g/mol. The molecule has 3 amide bonds. The normalized spacial score (nSPS) is 16.9. The maximum absolute atomic E-state index is 12.9. The summed E-state index contributed by atoms with van der Waals surface area (Å²) >= 11 is 0. The lowest BCUT2D eigenvalue weighted by molar-refractivity contribution is -0.134. The second kappa shape index (κ2) is 14.2. The third kappa shape index (κ3) is 6.36. The van der Waals surface area contributed by atoms with E-state index in [0.717, 1.165) is 71.3 Å². The van der Waals surface area contributed by atoms with Gasteiger partial charge in [-0.1, -0.05) is 24.5 Å². The minimum absolute atomic E-state index is 0.0388. The Bertz CT molecular complexity index is 2720. The number of aromatic nitrogens is 5. The van der Waals surface area contributed by atoms with E-state index in [1.54, 1.807) is 42.1 Å². The average molecular weight is 747 g/mol. The Morgan fingerprint density at radius 2 is 1.84 bits per heavy atom. The van der Waals surface area contributed by atoms with E-state index in [0.29, 0.717) is 46.3 Å². The van der Waals surface area contributed by atoms with Gasteiger partial charge in [0.05, 0.1) is 35.7 Å². The van der Waals surface area contributed by atoms with E-state index in [4.69, 9.17) is 19.4 Å². The third-order valence-corrected chi connectivity index (χ3v) is 11.1. The summed E-state index contributed by atoms with van der Waals surface area (Å²) in [5, 5.41) is 6.89. The SMILES string of the molecule is Cc1cc2c(N3CCCc4nc(-c5ccc(C(=O)NCC#Cc6cc7c(C8CCC(=O)NC8=O)cccc7o6)nc5)ncc43)cc(C3CCC3)nc2n(C)c1=O. The Labute approximate surface area is 321 Å². The zero-order valence-corrected chi connectivity index (χ0v) is 31.0. The molecule has 9 rings (SSSR count). The highest BCUT2D eigenvalue weighted by molar-refractivity contribution is 6.03. The minimum atomic E-state index is -0.440. The molecule has 7 heterocycles. The molecule has 1 aliphatic carbocycles. The lowest BCUT2D eigenvalue weighted by Gasteiger charge is -2.33. The van der Waals surface area contributed by atoms with Crippen LogP contribution in [-0.2, 0) is 23.1 Å². The molecule has 2 aliphatic heterocycles. The van der Waals surface area contributed by atoms with Crippen molar-refractivity contribution in [2.24, 2.45) is 7.05 Å². The molecule has 13 heteroatoms. The molecule has 6 aromatic rings. The van der Waals surface area contributed by atoms with E-state index >= 15 is 0 Å². The average Bonchev–Trinajstić information content (AvgIpc) is 3.61. The fourth-order valence-electron chi connectivity index (χ4n) is 7.90. The number of hydrogen-bond acceptors (Lipinski definition) is 10. The summed E-state index contributed by atoms with van der Waals surface area (Å²) < 4.78 is 7.55. The predicted octanol–water partition coefficient (Wildman–Crippen LogP) is 5.49. The molecule has 2 N–H and O–H groups in total. The second-order valence-corrected chi connectivity index (χ2v) is 14.7. The van der Waals surface area contributed by atoms with Gasteiger partial charge in [0.25, 0.3) is 11.5 Å². The standard InChI is InChI=1S/C43H38N8O5/c1-24-19-31-35(21-34(25-7-3-8-25)48-40(31)50(2)43(24)55)51-18-6-11-32-36(51)23-46-39(47-32)26-13-15-33(45-22-26)42(54)44-17-5-9-27-20-30-28(10-4-12-37(30)56-27)29-14-16-38(52)49-41(29)53/h4,10,12-13,15,19-23,25,29H,3,6-8,11,14,16-18H2,1-2H3,(H,44,54)(H,49,52,53). The Kier molecular flexibility index (Phi) is 8.88. The number of aryl methyl sites for hydroxylation is 3. The summed E-state index contributed by atoms with van der Waals surface area (Å²) in [6.45, 7) is 2.70. The lowest BCUT2D eigenvalue weighted by atomic mass is 9.82. The molecule has 56 heavy (non-hydrogen) atoms. The summed E-state index contributed by atoms with van der Waals surface area (Å²) in [4.78, 5) is 71.3. The van der Waals surface area contributed by atoms with Crippen LogP contribution in [0.15, 0.2) is 70.1 Å². The van der Waals surface area contributed by atoms with Crippen LogP contribution in [-0.4, -0.2) is 55.3 Å². The number of hydrogen-bond donors (Lipinski definition) is 2. The molecule has 2 fully saturated rings. The molecule has 1 saturated carbocycles. The first-order valence-corrected chi connectivity index (χ1v) is 19.0. The van der Waals surface area contributed by atoms with Crippen LogP contribution in [0.3, 0.4) is 0 Å². The maximum atomic E-state index is 12.9. The van der Waals surface area contributed by atoms with Gasteiger partial charge < -0.3 is 14.6 Å². The number of amides is 3. The Hall–Kier alpha value is -6.68. The summed E-state index contributed by atoms with van der Waals surface area (Å²) in [5.74, 6) is 5.79. The van der Waals surface area contributed by atoms with Crippen LogP contribution in [0.1, 0.15) is 89.1 Å². The first-order chi connectivity index (χ1) is 27.2. The number of anilines is 2. The van der Waals surface area contributed by atoms with E-state index in [-0.39, 0.29) is 41.9 Å². The zero-order chi connectivity index (χ0) is 38.5. The molecular weight excluding hydrogens is 709 g/mol. The van der Waals surface area contributed by atoms with Crippen LogP contribution in [0.25, 0.3) is 33.4 Å². The van der Waals surface area contributed by atoms with Gasteiger partial charge in [0.15, 0.2) is 11.6 Å². The first kappa shape index (κ1) is 35.0. The zero-order valence-electron chi connectivity index (χ0n) is 31.0. The number of furan rings is 1. The van der Waals surface area contributed by atoms with Crippen molar-refractivity contribution >= 4 is 51.1 Å². The number of pyridine rings is 3. The Balaban J connectivity index is 0.895. The third-order valence-electron chi connectivity index (χ3n) is 11.1. The van der Waals surface area contributed by atoms with Crippen LogP contribution in [0.2, 0.25) is 0 Å². The highest BCUT2D eigenvalue weighted by Crippen LogP contribution is 2.42. The van der Waals surface area contributed by atoms with Crippen molar-refractivity contribution in [2.75, 3.05) is 18.0 Å². The van der Waals surface area contributed by atoms with Crippen LogP contribution >= 0.6 is 0 Å². The molecule has 1 saturated heterocycles. The van der Waals surface area contributed by atoms with Crippen molar-refractivity contribution in [3.05, 3.63) is 105 Å². The molecule has 13 nitrogen and oxygen atoms in total. The Morgan fingerprint density at radius 3 is 2.62 bits per heavy atom. The van der Waals surface area contributed by atoms with Gasteiger partial charge in [-0.3, -0.25) is 34.0 Å². The van der Waals surface area contributed by atoms with Crippen molar-refractivity contribution in [3.63, 3.8) is 0 Å². The van der Waals surface area contributed by atoms with Crippen LogP contribution in [0, 0.1) is 18.8 Å². The molecule has 1 unspecified atom stereocenters.